The molecule has 0 unspecified atom stereocenters. The van der Waals surface area contributed by atoms with Crippen molar-refractivity contribution in [1.29, 1.82) is 0 Å². The van der Waals surface area contributed by atoms with Crippen LogP contribution in [0.4, 0.5) is 5.95 Å². The highest BCUT2D eigenvalue weighted by Gasteiger charge is 2.24. The maximum atomic E-state index is 12.6. The van der Waals surface area contributed by atoms with Gasteiger partial charge in [-0.05, 0) is 13.8 Å². The minimum Gasteiger partial charge on any atom is -0.376 e. The van der Waals surface area contributed by atoms with E-state index in [1.165, 1.54) is 0 Å². The number of hydrogen-bond acceptors (Lipinski definition) is 7. The van der Waals surface area contributed by atoms with Gasteiger partial charge in [0.25, 0.3) is 0 Å². The number of rotatable bonds is 3. The first kappa shape index (κ1) is 17.4. The summed E-state index contributed by atoms with van der Waals surface area (Å²) >= 11 is 1.62. The second-order valence-corrected chi connectivity index (χ2v) is 8.02. The van der Waals surface area contributed by atoms with Crippen molar-refractivity contribution in [3.63, 3.8) is 0 Å². The molecule has 2 aliphatic rings. The van der Waals surface area contributed by atoms with Gasteiger partial charge in [0, 0.05) is 49.2 Å². The summed E-state index contributed by atoms with van der Waals surface area (Å²) in [7, 11) is 0. The van der Waals surface area contributed by atoms with Crippen molar-refractivity contribution < 1.29 is 9.53 Å². The van der Waals surface area contributed by atoms with Crippen LogP contribution in [0.2, 0.25) is 0 Å². The molecule has 7 nitrogen and oxygen atoms in total. The van der Waals surface area contributed by atoms with Gasteiger partial charge in [-0.3, -0.25) is 4.79 Å². The summed E-state index contributed by atoms with van der Waals surface area (Å²) in [6.45, 7) is 8.23. The molecule has 8 heteroatoms. The molecule has 0 aliphatic carbocycles. The normalized spacial score (nSPS) is 17.3. The lowest BCUT2D eigenvalue weighted by atomic mass is 10.1. The van der Waals surface area contributed by atoms with E-state index in [4.69, 9.17) is 9.72 Å². The van der Waals surface area contributed by atoms with Gasteiger partial charge in [-0.1, -0.05) is 0 Å². The molecule has 0 N–H and O–H groups in total. The van der Waals surface area contributed by atoms with E-state index >= 15 is 0 Å². The van der Waals surface area contributed by atoms with Crippen LogP contribution in [0.1, 0.15) is 26.8 Å². The summed E-state index contributed by atoms with van der Waals surface area (Å²) in [5, 5.41) is 1.02. The summed E-state index contributed by atoms with van der Waals surface area (Å²) in [6.07, 6.45) is 3.17. The Bertz CT molecular complexity index is 814. The number of aromatic nitrogens is 3. The van der Waals surface area contributed by atoms with E-state index < -0.39 is 0 Å². The van der Waals surface area contributed by atoms with Crippen LogP contribution in [-0.2, 0) is 29.0 Å². The number of amides is 1. The molecule has 0 saturated carbocycles. The topological polar surface area (TPSA) is 71.5 Å². The molecule has 138 valence electrons. The van der Waals surface area contributed by atoms with Gasteiger partial charge in [-0.25, -0.2) is 15.0 Å². The molecular weight excluding hydrogens is 350 g/mol. The average Bonchev–Trinajstić information content (AvgIpc) is 2.98. The fourth-order valence-corrected chi connectivity index (χ4v) is 4.34. The van der Waals surface area contributed by atoms with Crippen LogP contribution >= 0.6 is 11.3 Å². The van der Waals surface area contributed by atoms with E-state index in [1.54, 1.807) is 11.3 Å². The van der Waals surface area contributed by atoms with Crippen molar-refractivity contribution in [3.8, 4) is 0 Å². The number of nitrogens with zero attached hydrogens (tertiary/aromatic N) is 5. The second-order valence-electron chi connectivity index (χ2n) is 6.73. The fourth-order valence-electron chi connectivity index (χ4n) is 3.41. The number of aryl methyl sites for hydroxylation is 2. The molecule has 0 spiro atoms. The van der Waals surface area contributed by atoms with E-state index in [1.807, 2.05) is 24.9 Å². The van der Waals surface area contributed by atoms with E-state index in [0.29, 0.717) is 26.1 Å². The zero-order chi connectivity index (χ0) is 18.1. The van der Waals surface area contributed by atoms with E-state index in [2.05, 4.69) is 14.9 Å². The van der Waals surface area contributed by atoms with Crippen LogP contribution in [-0.4, -0.2) is 58.5 Å². The molecule has 26 heavy (non-hydrogen) atoms. The van der Waals surface area contributed by atoms with Crippen molar-refractivity contribution in [1.82, 2.24) is 19.9 Å². The number of ether oxygens (including phenoxy) is 1. The van der Waals surface area contributed by atoms with Crippen molar-refractivity contribution in [2.45, 2.75) is 33.3 Å². The van der Waals surface area contributed by atoms with Gasteiger partial charge in [0.15, 0.2) is 0 Å². The lowest BCUT2D eigenvalue weighted by Crippen LogP contribution is -2.49. The molecule has 4 rings (SSSR count). The third-order valence-corrected chi connectivity index (χ3v) is 5.98. The van der Waals surface area contributed by atoms with E-state index in [9.17, 15) is 4.79 Å². The standard InChI is InChI=1S/C18H23N5O2S/c1-12-16(26-13(2)20-12)9-17(24)22-4-6-23(7-5-22)18-19-10-14-11-25-8-3-15(14)21-18/h10H,3-9,11H2,1-2H3. The van der Waals surface area contributed by atoms with Crippen LogP contribution in [0, 0.1) is 13.8 Å². The average molecular weight is 373 g/mol. The van der Waals surface area contributed by atoms with Crippen LogP contribution in [0.5, 0.6) is 0 Å². The van der Waals surface area contributed by atoms with Crippen molar-refractivity contribution in [3.05, 3.63) is 33.0 Å². The van der Waals surface area contributed by atoms with Crippen LogP contribution < -0.4 is 4.90 Å². The lowest BCUT2D eigenvalue weighted by molar-refractivity contribution is -0.130. The van der Waals surface area contributed by atoms with Crippen LogP contribution in [0.25, 0.3) is 0 Å². The number of carbonyl (C=O) groups excluding carboxylic acids is 1. The summed E-state index contributed by atoms with van der Waals surface area (Å²) in [6, 6.07) is 0. The molecule has 0 aromatic carbocycles. The molecule has 2 aromatic heterocycles. The Morgan fingerprint density at radius 2 is 2.04 bits per heavy atom. The Kier molecular flexibility index (Phi) is 4.86. The number of fused-ring (bicyclic) bond motifs is 1. The summed E-state index contributed by atoms with van der Waals surface area (Å²) in [4.78, 5) is 31.4. The third kappa shape index (κ3) is 3.57. The predicted octanol–water partition coefficient (Wildman–Crippen LogP) is 1.51. The van der Waals surface area contributed by atoms with E-state index in [-0.39, 0.29) is 5.91 Å². The first-order chi connectivity index (χ1) is 12.6. The van der Waals surface area contributed by atoms with Crippen LogP contribution in [0.15, 0.2) is 6.20 Å². The second kappa shape index (κ2) is 7.28. The molecular formula is C18H23N5O2S. The van der Waals surface area contributed by atoms with Gasteiger partial charge < -0.3 is 14.5 Å². The third-order valence-electron chi connectivity index (χ3n) is 4.91. The van der Waals surface area contributed by atoms with Gasteiger partial charge in [-0.15, -0.1) is 11.3 Å². The maximum Gasteiger partial charge on any atom is 0.228 e. The summed E-state index contributed by atoms with van der Waals surface area (Å²) in [5.74, 6) is 0.951. The van der Waals surface area contributed by atoms with Crippen molar-refractivity contribution in [2.24, 2.45) is 0 Å². The van der Waals surface area contributed by atoms with Crippen molar-refractivity contribution >= 4 is 23.2 Å². The Morgan fingerprint density at radius 3 is 2.77 bits per heavy atom. The van der Waals surface area contributed by atoms with E-state index in [0.717, 1.165) is 58.9 Å². The number of anilines is 1. The molecule has 2 aromatic rings. The van der Waals surface area contributed by atoms with Crippen molar-refractivity contribution in [2.75, 3.05) is 37.7 Å². The zero-order valence-corrected chi connectivity index (χ0v) is 16.0. The summed E-state index contributed by atoms with van der Waals surface area (Å²) < 4.78 is 5.44. The van der Waals surface area contributed by atoms with Crippen LogP contribution in [0.3, 0.4) is 0 Å². The van der Waals surface area contributed by atoms with Gasteiger partial charge in [0.1, 0.15) is 0 Å². The SMILES string of the molecule is Cc1nc(C)c(CC(=O)N2CCN(c3ncc4c(n3)CCOC4)CC2)s1. The zero-order valence-electron chi connectivity index (χ0n) is 15.2. The Morgan fingerprint density at radius 1 is 1.23 bits per heavy atom. The molecule has 0 radical (unpaired) electrons. The first-order valence-corrected chi connectivity index (χ1v) is 9.80. The number of hydrogen-bond donors (Lipinski definition) is 0. The van der Waals surface area contributed by atoms with Gasteiger partial charge >= 0.3 is 0 Å². The number of piperazine rings is 1. The molecule has 1 amide bonds. The Hall–Kier alpha value is -2.06. The highest BCUT2D eigenvalue weighted by Crippen LogP contribution is 2.20. The minimum atomic E-state index is 0.180. The Balaban J connectivity index is 1.36. The molecule has 4 heterocycles. The monoisotopic (exact) mass is 373 g/mol. The highest BCUT2D eigenvalue weighted by atomic mass is 32.1. The molecule has 0 bridgehead atoms. The lowest BCUT2D eigenvalue weighted by Gasteiger charge is -2.35. The largest absolute Gasteiger partial charge is 0.376 e. The molecule has 1 fully saturated rings. The highest BCUT2D eigenvalue weighted by molar-refractivity contribution is 7.11. The molecule has 2 aliphatic heterocycles. The first-order valence-electron chi connectivity index (χ1n) is 8.98. The van der Waals surface area contributed by atoms with Gasteiger partial charge in [0.2, 0.25) is 11.9 Å². The number of thiazole rings is 1. The Labute approximate surface area is 157 Å². The maximum absolute atomic E-state index is 12.6. The predicted molar refractivity (Wildman–Crippen MR) is 99.5 cm³/mol. The molecule has 0 atom stereocenters. The quantitative estimate of drug-likeness (QED) is 0.812. The summed E-state index contributed by atoms with van der Waals surface area (Å²) in [5.41, 5.74) is 3.16. The smallest absolute Gasteiger partial charge is 0.228 e. The molecule has 1 saturated heterocycles. The fraction of sp³-hybridized carbons (Fsp3) is 0.556. The van der Waals surface area contributed by atoms with Gasteiger partial charge in [-0.2, -0.15) is 0 Å². The number of carbonyl (C=O) groups is 1. The van der Waals surface area contributed by atoms with Gasteiger partial charge in [0.05, 0.1) is 36.0 Å². The minimum absolute atomic E-state index is 0.180.